The number of aryl methyl sites for hydroxylation is 1. The van der Waals surface area contributed by atoms with Gasteiger partial charge in [0.15, 0.2) is 17.0 Å². The Labute approximate surface area is 176 Å². The second-order valence-electron chi connectivity index (χ2n) is 5.96. The van der Waals surface area contributed by atoms with Gasteiger partial charge in [0.1, 0.15) is 0 Å². The number of rotatable bonds is 6. The van der Waals surface area contributed by atoms with Crippen LogP contribution < -0.4 is 15.4 Å². The first-order valence-electron chi connectivity index (χ1n) is 8.70. The minimum absolute atomic E-state index is 0.122. The molecule has 5 nitrogen and oxygen atoms in total. The van der Waals surface area contributed by atoms with E-state index in [0.717, 1.165) is 17.7 Å². The fourth-order valence-corrected chi connectivity index (χ4v) is 4.26. The topological polar surface area (TPSA) is 70.6 Å². The Morgan fingerprint density at radius 3 is 2.70 bits per heavy atom. The molecule has 0 radical (unpaired) electrons. The van der Waals surface area contributed by atoms with E-state index in [2.05, 4.69) is 52.3 Å². The Balaban J connectivity index is 1.74. The first kappa shape index (κ1) is 19.9. The highest BCUT2D eigenvalue weighted by atomic mass is 127. The first-order valence-corrected chi connectivity index (χ1v) is 10.7. The van der Waals surface area contributed by atoms with Gasteiger partial charge in [-0.1, -0.05) is 30.8 Å². The van der Waals surface area contributed by atoms with Gasteiger partial charge in [0.2, 0.25) is 0 Å². The van der Waals surface area contributed by atoms with Gasteiger partial charge in [-0.3, -0.25) is 4.79 Å². The average Bonchev–Trinajstić information content (AvgIpc) is 2.99. The van der Waals surface area contributed by atoms with Gasteiger partial charge < -0.3 is 20.5 Å². The van der Waals surface area contributed by atoms with E-state index in [4.69, 9.17) is 4.74 Å². The average molecular weight is 496 g/mol. The molecule has 3 N–H and O–H groups in total. The van der Waals surface area contributed by atoms with E-state index in [0.29, 0.717) is 20.8 Å². The summed E-state index contributed by atoms with van der Waals surface area (Å²) in [4.78, 5) is 12.9. The first-order chi connectivity index (χ1) is 13.0. The van der Waals surface area contributed by atoms with Crippen molar-refractivity contribution in [2.45, 2.75) is 25.8 Å². The van der Waals surface area contributed by atoms with E-state index in [1.165, 1.54) is 17.3 Å². The van der Waals surface area contributed by atoms with Crippen LogP contribution in [0.25, 0.3) is 6.08 Å². The molecule has 1 heterocycles. The highest BCUT2D eigenvalue weighted by Gasteiger charge is 2.27. The maximum Gasteiger partial charge on any atom is 0.260 e. The molecule has 1 amide bonds. The molecule has 1 atom stereocenters. The number of carbonyl (C=O) groups excluding carboxylic acids is 1. The van der Waals surface area contributed by atoms with Crippen molar-refractivity contribution in [2.75, 3.05) is 11.9 Å². The molecule has 0 aliphatic carbocycles. The van der Waals surface area contributed by atoms with Gasteiger partial charge in [-0.05, 0) is 77.4 Å². The number of halogens is 1. The maximum atomic E-state index is 12.3. The summed E-state index contributed by atoms with van der Waals surface area (Å²) in [7, 11) is 0. The summed E-state index contributed by atoms with van der Waals surface area (Å²) >= 11 is 3.48. The predicted molar refractivity (Wildman–Crippen MR) is 119 cm³/mol. The summed E-state index contributed by atoms with van der Waals surface area (Å²) in [6.45, 7) is 4.44. The molecule has 3 rings (SSSR count). The second kappa shape index (κ2) is 8.88. The highest BCUT2D eigenvalue weighted by Crippen LogP contribution is 2.35. The van der Waals surface area contributed by atoms with E-state index < -0.39 is 0 Å². The number of carbonyl (C=O) groups is 1. The molecule has 27 heavy (non-hydrogen) atoms. The van der Waals surface area contributed by atoms with Gasteiger partial charge in [0.05, 0.1) is 15.1 Å². The van der Waals surface area contributed by atoms with Crippen LogP contribution >= 0.6 is 34.4 Å². The lowest BCUT2D eigenvalue weighted by molar-refractivity contribution is -0.116. The lowest BCUT2D eigenvalue weighted by Crippen LogP contribution is -2.30. The zero-order valence-corrected chi connectivity index (χ0v) is 18.1. The Morgan fingerprint density at radius 1 is 1.30 bits per heavy atom. The third-order valence-corrected chi connectivity index (χ3v) is 5.89. The van der Waals surface area contributed by atoms with Crippen LogP contribution in [0.5, 0.6) is 11.5 Å². The largest absolute Gasteiger partial charge is 0.504 e. The minimum atomic E-state index is -0.223. The van der Waals surface area contributed by atoms with E-state index in [9.17, 15) is 9.90 Å². The van der Waals surface area contributed by atoms with E-state index in [-0.39, 0.29) is 17.2 Å². The number of hydrogen-bond acceptors (Lipinski definition) is 5. The van der Waals surface area contributed by atoms with E-state index in [1.54, 1.807) is 6.07 Å². The second-order valence-corrected chi connectivity index (χ2v) is 8.27. The lowest BCUT2D eigenvalue weighted by atomic mass is 10.1. The van der Waals surface area contributed by atoms with Gasteiger partial charge in [-0.2, -0.15) is 0 Å². The predicted octanol–water partition coefficient (Wildman–Crippen LogP) is 4.56. The molecule has 7 heteroatoms. The van der Waals surface area contributed by atoms with Crippen LogP contribution in [0.15, 0.2) is 41.3 Å². The molecule has 0 aromatic heterocycles. The molecule has 0 spiro atoms. The van der Waals surface area contributed by atoms with Gasteiger partial charge in [-0.25, -0.2) is 0 Å². The van der Waals surface area contributed by atoms with Crippen LogP contribution in [-0.2, 0) is 11.2 Å². The van der Waals surface area contributed by atoms with Gasteiger partial charge in [-0.15, -0.1) is 0 Å². The summed E-state index contributed by atoms with van der Waals surface area (Å²) in [6, 6.07) is 11.8. The van der Waals surface area contributed by atoms with Crippen molar-refractivity contribution in [3.05, 3.63) is 56.0 Å². The third kappa shape index (κ3) is 4.90. The summed E-state index contributed by atoms with van der Waals surface area (Å²) in [6.07, 6.45) is 2.81. The Hall–Kier alpha value is -1.87. The SMILES string of the molecule is CCOc1cc(/C=C2\S[C@H](Nc3ccc(CC)cc3)NC2=O)cc(I)c1O. The monoisotopic (exact) mass is 496 g/mol. The van der Waals surface area contributed by atoms with Crippen molar-refractivity contribution >= 4 is 52.0 Å². The van der Waals surface area contributed by atoms with Crippen LogP contribution in [-0.4, -0.2) is 23.1 Å². The standard InChI is InChI=1S/C20H21IN2O3S/c1-3-12-5-7-14(8-6-12)22-20-23-19(25)17(27-20)11-13-9-15(21)18(24)16(10-13)26-4-2/h5-11,20,22,24H,3-4H2,1-2H3,(H,23,25)/b17-11-/t20-/m1/s1. The molecule has 1 aliphatic rings. The van der Waals surface area contributed by atoms with Crippen LogP contribution in [0.1, 0.15) is 25.0 Å². The lowest BCUT2D eigenvalue weighted by Gasteiger charge is -2.13. The van der Waals surface area contributed by atoms with Gasteiger partial charge >= 0.3 is 0 Å². The fourth-order valence-electron chi connectivity index (χ4n) is 2.65. The number of phenolic OH excluding ortho intramolecular Hbond substituents is 1. The molecule has 1 aliphatic heterocycles. The Bertz CT molecular complexity index is 868. The van der Waals surface area contributed by atoms with E-state index >= 15 is 0 Å². The quantitative estimate of drug-likeness (QED) is 0.404. The van der Waals surface area contributed by atoms with Crippen LogP contribution in [0.3, 0.4) is 0 Å². The Kier molecular flexibility index (Phi) is 6.54. The number of ether oxygens (including phenoxy) is 1. The fraction of sp³-hybridized carbons (Fsp3) is 0.250. The van der Waals surface area contributed by atoms with Crippen molar-refractivity contribution < 1.29 is 14.6 Å². The molecule has 0 unspecified atom stereocenters. The van der Waals surface area contributed by atoms with Crippen molar-refractivity contribution in [1.82, 2.24) is 5.32 Å². The molecule has 1 saturated heterocycles. The summed E-state index contributed by atoms with van der Waals surface area (Å²) in [5, 5.41) is 16.3. The summed E-state index contributed by atoms with van der Waals surface area (Å²) in [5.74, 6) is 0.423. The van der Waals surface area contributed by atoms with Crippen LogP contribution in [0, 0.1) is 3.57 Å². The van der Waals surface area contributed by atoms with Crippen molar-refractivity contribution in [2.24, 2.45) is 0 Å². The highest BCUT2D eigenvalue weighted by molar-refractivity contribution is 14.1. The molecule has 2 aromatic rings. The number of phenols is 1. The Morgan fingerprint density at radius 2 is 2.04 bits per heavy atom. The van der Waals surface area contributed by atoms with Gasteiger partial charge in [0, 0.05) is 5.69 Å². The van der Waals surface area contributed by atoms with E-state index in [1.807, 2.05) is 31.2 Å². The van der Waals surface area contributed by atoms with Crippen LogP contribution in [0.4, 0.5) is 5.69 Å². The molecular formula is C20H21IN2O3S. The smallest absolute Gasteiger partial charge is 0.260 e. The third-order valence-electron chi connectivity index (χ3n) is 4.04. The molecule has 142 valence electrons. The van der Waals surface area contributed by atoms with Crippen molar-refractivity contribution in [1.29, 1.82) is 0 Å². The van der Waals surface area contributed by atoms with Gasteiger partial charge in [0.25, 0.3) is 5.91 Å². The van der Waals surface area contributed by atoms with Crippen molar-refractivity contribution in [3.63, 3.8) is 0 Å². The zero-order valence-electron chi connectivity index (χ0n) is 15.1. The number of nitrogens with one attached hydrogen (secondary N) is 2. The zero-order chi connectivity index (χ0) is 19.4. The summed E-state index contributed by atoms with van der Waals surface area (Å²) in [5.41, 5.74) is 2.82. The molecule has 2 aromatic carbocycles. The maximum absolute atomic E-state index is 12.3. The summed E-state index contributed by atoms with van der Waals surface area (Å²) < 4.78 is 6.14. The number of amides is 1. The van der Waals surface area contributed by atoms with Crippen molar-refractivity contribution in [3.8, 4) is 11.5 Å². The number of aromatic hydroxyl groups is 1. The number of thioether (sulfide) groups is 1. The minimum Gasteiger partial charge on any atom is -0.504 e. The number of benzene rings is 2. The molecule has 0 bridgehead atoms. The molecule has 0 saturated carbocycles. The number of hydrogen-bond donors (Lipinski definition) is 3. The van der Waals surface area contributed by atoms with Crippen LogP contribution in [0.2, 0.25) is 0 Å². The molecular weight excluding hydrogens is 475 g/mol. The number of anilines is 1. The molecule has 1 fully saturated rings. The normalized spacial score (nSPS) is 17.8.